The fraction of sp³-hybridized carbons (Fsp3) is 0.893. The van der Waals surface area contributed by atoms with Gasteiger partial charge in [0.1, 0.15) is 0 Å². The van der Waals surface area contributed by atoms with E-state index in [4.69, 9.17) is 0 Å². The van der Waals surface area contributed by atoms with Gasteiger partial charge >= 0.3 is 0 Å². The molecule has 5 aliphatic carbocycles. The maximum atomic E-state index is 13.0. The van der Waals surface area contributed by atoms with Crippen LogP contribution in [0.3, 0.4) is 0 Å². The van der Waals surface area contributed by atoms with Gasteiger partial charge in [0.05, 0.1) is 6.10 Å². The summed E-state index contributed by atoms with van der Waals surface area (Å²) in [6, 6.07) is 0. The number of fused-ring (bicyclic) bond motifs is 7. The van der Waals surface area contributed by atoms with Gasteiger partial charge in [0.2, 0.25) is 0 Å². The fourth-order valence-electron chi connectivity index (χ4n) is 10.2. The van der Waals surface area contributed by atoms with E-state index < -0.39 is 0 Å². The Morgan fingerprint density at radius 2 is 1.53 bits per heavy atom. The molecule has 0 radical (unpaired) electrons. The Bertz CT molecular complexity index is 780. The first-order valence-electron chi connectivity index (χ1n) is 13.0. The van der Waals surface area contributed by atoms with Gasteiger partial charge < -0.3 is 5.11 Å². The minimum absolute atomic E-state index is 0.0950. The molecule has 168 valence electrons. The molecule has 9 unspecified atom stereocenters. The standard InChI is InChI=1S/C28H44O2/c1-16(2)24-22(30)15-26(4)12-9-20-18(25(24)26)7-8-23-27(5)14-11-21(29)17(3)19(27)10-13-28(20,23)6/h16-21,23,29H,7-15H2,1-6H3. The molecule has 0 aromatic carbocycles. The predicted octanol–water partition coefficient (Wildman–Crippen LogP) is 6.57. The highest BCUT2D eigenvalue weighted by Gasteiger charge is 2.64. The molecule has 2 nitrogen and oxygen atoms in total. The summed E-state index contributed by atoms with van der Waals surface area (Å²) in [5, 5.41) is 10.6. The third-order valence-corrected chi connectivity index (χ3v) is 11.5. The number of carbonyl (C=O) groups is 1. The first-order valence-corrected chi connectivity index (χ1v) is 13.0. The lowest BCUT2D eigenvalue weighted by molar-refractivity contribution is -0.178. The van der Waals surface area contributed by atoms with Gasteiger partial charge in [-0.05, 0) is 109 Å². The van der Waals surface area contributed by atoms with Crippen LogP contribution in [0.15, 0.2) is 11.1 Å². The van der Waals surface area contributed by atoms with Gasteiger partial charge in [0, 0.05) is 6.42 Å². The number of Topliss-reactive ketones (excluding diaryl/α,β-unsaturated/α-hetero) is 1. The summed E-state index contributed by atoms with van der Waals surface area (Å²) in [6.07, 6.45) is 10.6. The van der Waals surface area contributed by atoms with Crippen LogP contribution >= 0.6 is 0 Å². The molecule has 0 spiro atoms. The summed E-state index contributed by atoms with van der Waals surface area (Å²) in [4.78, 5) is 13.0. The van der Waals surface area contributed by atoms with E-state index in [-0.39, 0.29) is 11.5 Å². The summed E-state index contributed by atoms with van der Waals surface area (Å²) >= 11 is 0. The minimum Gasteiger partial charge on any atom is -0.393 e. The Hall–Kier alpha value is -0.630. The minimum atomic E-state index is -0.0950. The van der Waals surface area contributed by atoms with Crippen LogP contribution in [-0.2, 0) is 4.79 Å². The molecular weight excluding hydrogens is 368 g/mol. The van der Waals surface area contributed by atoms with Crippen molar-refractivity contribution in [2.24, 2.45) is 51.8 Å². The van der Waals surface area contributed by atoms with E-state index in [2.05, 4.69) is 41.5 Å². The lowest BCUT2D eigenvalue weighted by Crippen LogP contribution is -2.60. The summed E-state index contributed by atoms with van der Waals surface area (Å²) < 4.78 is 0. The van der Waals surface area contributed by atoms with Crippen molar-refractivity contribution in [2.75, 3.05) is 0 Å². The molecule has 4 fully saturated rings. The normalized spacial score (nSPS) is 53.3. The van der Waals surface area contributed by atoms with Crippen LogP contribution in [0.5, 0.6) is 0 Å². The molecule has 0 amide bonds. The molecular formula is C28H44O2. The monoisotopic (exact) mass is 412 g/mol. The lowest BCUT2D eigenvalue weighted by atomic mass is 9.38. The van der Waals surface area contributed by atoms with Gasteiger partial charge in [-0.2, -0.15) is 0 Å². The molecule has 2 heteroatoms. The number of hydrogen-bond acceptors (Lipinski definition) is 2. The van der Waals surface area contributed by atoms with E-state index in [9.17, 15) is 9.90 Å². The van der Waals surface area contributed by atoms with Gasteiger partial charge in [-0.15, -0.1) is 0 Å². The summed E-state index contributed by atoms with van der Waals surface area (Å²) in [7, 11) is 0. The molecule has 0 aromatic heterocycles. The van der Waals surface area contributed by atoms with Crippen LogP contribution in [0, 0.1) is 51.8 Å². The first-order chi connectivity index (χ1) is 14.0. The highest BCUT2D eigenvalue weighted by molar-refractivity contribution is 6.00. The van der Waals surface area contributed by atoms with E-state index >= 15 is 0 Å². The van der Waals surface area contributed by atoms with Crippen LogP contribution in [0.1, 0.15) is 99.3 Å². The largest absolute Gasteiger partial charge is 0.393 e. The summed E-state index contributed by atoms with van der Waals surface area (Å²) in [5.74, 6) is 4.13. The zero-order chi connectivity index (χ0) is 21.6. The van der Waals surface area contributed by atoms with Crippen molar-refractivity contribution in [2.45, 2.75) is 105 Å². The topological polar surface area (TPSA) is 37.3 Å². The third kappa shape index (κ3) is 2.61. The van der Waals surface area contributed by atoms with Crippen molar-refractivity contribution >= 4 is 5.78 Å². The Morgan fingerprint density at radius 1 is 0.900 bits per heavy atom. The Kier molecular flexibility index (Phi) is 4.73. The zero-order valence-corrected chi connectivity index (χ0v) is 20.3. The fourth-order valence-corrected chi connectivity index (χ4v) is 10.2. The van der Waals surface area contributed by atoms with Gasteiger partial charge in [0.25, 0.3) is 0 Å². The molecule has 0 saturated heterocycles. The van der Waals surface area contributed by atoms with E-state index in [0.29, 0.717) is 40.3 Å². The highest BCUT2D eigenvalue weighted by Crippen LogP contribution is 2.71. The molecule has 30 heavy (non-hydrogen) atoms. The third-order valence-electron chi connectivity index (χ3n) is 11.5. The molecule has 0 aliphatic heterocycles. The molecule has 0 bridgehead atoms. The number of aliphatic hydroxyl groups excluding tert-OH is 1. The Morgan fingerprint density at radius 3 is 2.23 bits per heavy atom. The molecule has 0 aromatic rings. The summed E-state index contributed by atoms with van der Waals surface area (Å²) in [6.45, 7) is 14.4. The van der Waals surface area contributed by atoms with Gasteiger partial charge in [-0.3, -0.25) is 4.79 Å². The average molecular weight is 413 g/mol. The van der Waals surface area contributed by atoms with Gasteiger partial charge in [-0.25, -0.2) is 0 Å². The van der Waals surface area contributed by atoms with E-state index in [1.807, 2.05) is 0 Å². The predicted molar refractivity (Wildman–Crippen MR) is 122 cm³/mol. The molecule has 5 aliphatic rings. The van der Waals surface area contributed by atoms with Crippen molar-refractivity contribution in [1.29, 1.82) is 0 Å². The van der Waals surface area contributed by atoms with Crippen molar-refractivity contribution in [3.8, 4) is 0 Å². The quantitative estimate of drug-likeness (QED) is 0.529. The second kappa shape index (κ2) is 6.69. The number of ketones is 1. The molecule has 4 saturated carbocycles. The van der Waals surface area contributed by atoms with Crippen LogP contribution in [0.4, 0.5) is 0 Å². The van der Waals surface area contributed by atoms with Gasteiger partial charge in [0.15, 0.2) is 5.78 Å². The SMILES string of the molecule is CC(C)C1=C2C3CCC4C(C)(CCC5C(C)C(O)CCC54C)C3CCC2(C)CC1=O. The van der Waals surface area contributed by atoms with Crippen molar-refractivity contribution in [1.82, 2.24) is 0 Å². The van der Waals surface area contributed by atoms with Gasteiger partial charge in [-0.1, -0.05) is 47.1 Å². The molecule has 1 N–H and O–H groups in total. The van der Waals surface area contributed by atoms with E-state index in [1.165, 1.54) is 50.5 Å². The summed E-state index contributed by atoms with van der Waals surface area (Å²) in [5.41, 5.74) is 3.77. The highest BCUT2D eigenvalue weighted by atomic mass is 16.3. The number of carbonyl (C=O) groups excluding carboxylic acids is 1. The number of allylic oxidation sites excluding steroid dienone is 2. The van der Waals surface area contributed by atoms with Crippen molar-refractivity contribution in [3.05, 3.63) is 11.1 Å². The number of rotatable bonds is 1. The number of hydrogen-bond donors (Lipinski definition) is 1. The smallest absolute Gasteiger partial charge is 0.159 e. The Labute approximate surface area is 184 Å². The molecule has 9 atom stereocenters. The average Bonchev–Trinajstić information content (AvgIpc) is 2.95. The van der Waals surface area contributed by atoms with Crippen LogP contribution in [-0.4, -0.2) is 17.0 Å². The molecule has 5 rings (SSSR count). The lowest BCUT2D eigenvalue weighted by Gasteiger charge is -2.67. The second-order valence-corrected chi connectivity index (χ2v) is 13.1. The van der Waals surface area contributed by atoms with Crippen molar-refractivity contribution < 1.29 is 9.90 Å². The number of aliphatic hydroxyl groups is 1. The maximum Gasteiger partial charge on any atom is 0.159 e. The van der Waals surface area contributed by atoms with Crippen LogP contribution in [0.25, 0.3) is 0 Å². The van der Waals surface area contributed by atoms with Crippen molar-refractivity contribution in [3.63, 3.8) is 0 Å². The van der Waals surface area contributed by atoms with Crippen LogP contribution in [0.2, 0.25) is 0 Å². The molecule has 0 heterocycles. The zero-order valence-electron chi connectivity index (χ0n) is 20.3. The Balaban J connectivity index is 1.54. The first kappa shape index (κ1) is 21.2. The maximum absolute atomic E-state index is 13.0. The van der Waals surface area contributed by atoms with E-state index in [1.54, 1.807) is 5.57 Å². The van der Waals surface area contributed by atoms with Crippen LogP contribution < -0.4 is 0 Å². The second-order valence-electron chi connectivity index (χ2n) is 13.1. The van der Waals surface area contributed by atoms with E-state index in [0.717, 1.165) is 24.7 Å².